The summed E-state index contributed by atoms with van der Waals surface area (Å²) in [5.74, 6) is 7.88. The average molecular weight is 1410 g/mol. The third-order valence-electron chi connectivity index (χ3n) is 26.6. The van der Waals surface area contributed by atoms with Crippen LogP contribution >= 0.6 is 0 Å². The number of benzene rings is 2. The Morgan fingerprint density at radius 3 is 1.69 bits per heavy atom. The zero-order chi connectivity index (χ0) is 71.3. The first-order valence-corrected chi connectivity index (χ1v) is 43.4. The second-order valence-corrected chi connectivity index (χ2v) is 41.7. The highest BCUT2D eigenvalue weighted by molar-refractivity contribution is 7.90. The maximum absolute atomic E-state index is 12.8. The van der Waals surface area contributed by atoms with E-state index < -0.39 is 52.1 Å². The van der Waals surface area contributed by atoms with Crippen LogP contribution < -0.4 is 19.3 Å². The molecule has 2 aromatic carbocycles. The maximum Gasteiger partial charge on any atom is 0.421 e. The molecular weight excluding hydrogens is 1290 g/mol. The number of rotatable bonds is 17. The van der Waals surface area contributed by atoms with Gasteiger partial charge in [-0.25, -0.2) is 45.8 Å². The minimum atomic E-state index is -4.12. The van der Waals surface area contributed by atoms with Crippen molar-refractivity contribution in [3.63, 3.8) is 0 Å². The second-order valence-electron chi connectivity index (χ2n) is 34.0. The van der Waals surface area contributed by atoms with Crippen LogP contribution in [-0.2, 0) is 33.9 Å². The maximum atomic E-state index is 12.8. The fraction of sp³-hybridized carbons (Fsp3) is 0.776. The van der Waals surface area contributed by atoms with Gasteiger partial charge in [-0.2, -0.15) is 0 Å². The van der Waals surface area contributed by atoms with Crippen LogP contribution in [0.1, 0.15) is 187 Å². The Balaban J connectivity index is 0.000000191. The summed E-state index contributed by atoms with van der Waals surface area (Å²) in [7, 11) is -9.44. The number of imidazole rings is 1. The Bertz CT molecular complexity index is 3350. The molecule has 8 aliphatic rings. The van der Waals surface area contributed by atoms with Gasteiger partial charge in [-0.05, 0) is 283 Å². The van der Waals surface area contributed by atoms with Crippen molar-refractivity contribution in [3.8, 4) is 11.5 Å². The van der Waals surface area contributed by atoms with Gasteiger partial charge in [-0.3, -0.25) is 0 Å². The van der Waals surface area contributed by atoms with E-state index in [4.69, 9.17) is 28.5 Å². The van der Waals surface area contributed by atoms with Crippen molar-refractivity contribution < 1.29 is 65.1 Å². The number of primary sulfonamides is 1. The standard InChI is InChI=1S/C34H53NO8S.C33H56N2O3Si.C9H13NO3S/c1-7-24-27-16-21(36)14-15-33(27,5)28-17-29(37)34(6)25(12-13-26(34)30(28)31(24)38)20(4)18-42-32(39)35-44(40,41)23-10-8-22(9-11-23)43-19(2)3;1-10-24-27-17-21(2)13-14-32(27,5)28-18-23(4)33(6)25(22(3)19-37-31(36)35-16-15-34-20-35)11-12-26(33)29(28)30(24)38-39(7,8)9;1-7(2)13-8-3-5-9(6-4-8)14(10,11)12/h8-11,19-21,24-31,36-38H,7,12-18H2,1-6H3,(H,35,39);15-16,20-30H,10-14,17-19H2,1-9H3;3-7H,1-2H3,(H2,10,11,12)/t20-,21-,24-,25-,26+,27+,28+,29+,30+,31-,33+,34-;21-,22-,23+,24-,25-,26+,27+,28+,29+,30-,32+,33-;/m11./s1. The Labute approximate surface area is 583 Å². The average Bonchev–Trinajstić information content (AvgIpc) is 1.68. The number of aliphatic hydroxyl groups is 3. The van der Waals surface area contributed by atoms with Gasteiger partial charge in [0.1, 0.15) is 17.8 Å². The van der Waals surface area contributed by atoms with Crippen molar-refractivity contribution in [3.05, 3.63) is 67.3 Å². The minimum Gasteiger partial charge on any atom is -0.491 e. The number of nitrogens with one attached hydrogen (secondary N) is 1. The molecular formula is C76H122N4O14S2Si. The van der Waals surface area contributed by atoms with Gasteiger partial charge < -0.3 is 38.7 Å². The third kappa shape index (κ3) is 15.8. The van der Waals surface area contributed by atoms with Crippen LogP contribution in [-0.4, -0.2) is 112 Å². The van der Waals surface area contributed by atoms with Crippen molar-refractivity contribution in [2.45, 2.75) is 253 Å². The van der Waals surface area contributed by atoms with Crippen LogP contribution in [0.3, 0.4) is 0 Å². The van der Waals surface area contributed by atoms with E-state index in [0.29, 0.717) is 71.6 Å². The lowest BCUT2D eigenvalue weighted by Gasteiger charge is -2.67. The first-order valence-electron chi connectivity index (χ1n) is 37.0. The number of aliphatic hydroxyl groups excluding tert-OH is 3. The van der Waals surface area contributed by atoms with E-state index in [1.807, 2.05) is 39.3 Å². The quantitative estimate of drug-likeness (QED) is 0.0787. The lowest BCUT2D eigenvalue weighted by atomic mass is 9.39. The predicted molar refractivity (Wildman–Crippen MR) is 380 cm³/mol. The summed E-state index contributed by atoms with van der Waals surface area (Å²) in [6.07, 6.45) is 17.5. The highest BCUT2D eigenvalue weighted by Crippen LogP contribution is 2.73. The Hall–Kier alpha value is -4.09. The zero-order valence-electron chi connectivity index (χ0n) is 61.5. The summed E-state index contributed by atoms with van der Waals surface area (Å²) in [5.41, 5.74) is 0.219. The summed E-state index contributed by atoms with van der Waals surface area (Å²) in [4.78, 5) is 29.2. The number of amides is 1. The number of sulfonamides is 2. The lowest BCUT2D eigenvalue weighted by molar-refractivity contribution is -0.228. The summed E-state index contributed by atoms with van der Waals surface area (Å²) in [6.45, 7) is 39.1. The first kappa shape index (κ1) is 77.1. The molecule has 8 saturated carbocycles. The van der Waals surface area contributed by atoms with Crippen molar-refractivity contribution in [1.82, 2.24) is 14.3 Å². The third-order valence-corrected chi connectivity index (χ3v) is 29.9. The van der Waals surface area contributed by atoms with Crippen LogP contribution in [0.4, 0.5) is 9.59 Å². The molecule has 0 unspecified atom stereocenters. The van der Waals surface area contributed by atoms with Crippen LogP contribution in [0.5, 0.6) is 11.5 Å². The first-order chi connectivity index (χ1) is 45.3. The molecule has 546 valence electrons. The molecule has 0 saturated heterocycles. The fourth-order valence-corrected chi connectivity index (χ4v) is 24.7. The topological polar surface area (TPSA) is 265 Å². The number of nitrogens with zero attached hydrogens (tertiary/aromatic N) is 2. The number of hydrogen-bond donors (Lipinski definition) is 5. The number of carbonyl (C=O) groups is 2. The number of ether oxygens (including phenoxy) is 4. The van der Waals surface area contributed by atoms with E-state index in [1.54, 1.807) is 36.7 Å². The number of carbonyl (C=O) groups excluding carboxylic acids is 2. The SMILES string of the molecule is CC(C)Oc1ccc(S(N)(=O)=O)cc1.CC[C@H]1[C@@H](O)[C@@H]2[C@H](C[C@H](O)[C@]3(C)[C@@H]([C@H](C)COC(=O)NS(=O)(=O)c4ccc(OC(C)C)cc4)CC[C@@H]23)[C@@]2(C)CC[C@@H](O)C[C@@H]12.CC[C@H]1[C@@H](O[Si](C)(C)C)[C@@H]2[C@H](C[C@H](C)[C@]3(C)[C@@H]([C@H](C)COC(=O)n4ccnc4)CC[C@@H]23)[C@@]2(C)CC[C@@H](C)C[C@@H]12. The van der Waals surface area contributed by atoms with Gasteiger partial charge in [0.25, 0.3) is 10.0 Å². The van der Waals surface area contributed by atoms with Crippen molar-refractivity contribution in [1.29, 1.82) is 0 Å². The Kier molecular flexibility index (Phi) is 23.9. The summed E-state index contributed by atoms with van der Waals surface area (Å²) >= 11 is 0. The molecule has 8 fully saturated rings. The minimum absolute atomic E-state index is 0.0220. The van der Waals surface area contributed by atoms with E-state index in [1.165, 1.54) is 80.1 Å². The van der Waals surface area contributed by atoms with Gasteiger partial charge in [-0.15, -0.1) is 0 Å². The van der Waals surface area contributed by atoms with E-state index in [-0.39, 0.29) is 93.1 Å². The lowest BCUT2D eigenvalue weighted by Crippen LogP contribution is -2.65. The molecule has 97 heavy (non-hydrogen) atoms. The molecule has 24 atom stereocenters. The number of fused-ring (bicyclic) bond motifs is 10. The zero-order valence-corrected chi connectivity index (χ0v) is 64.1. The molecule has 1 aromatic heterocycles. The van der Waals surface area contributed by atoms with Gasteiger partial charge in [0.05, 0.1) is 59.6 Å². The molecule has 0 aliphatic heterocycles. The number of aromatic nitrogens is 2. The monoisotopic (exact) mass is 1410 g/mol. The van der Waals surface area contributed by atoms with Gasteiger partial charge in [-0.1, -0.05) is 88.5 Å². The summed E-state index contributed by atoms with van der Waals surface area (Å²) in [6, 6.07) is 11.9. The molecule has 0 bridgehead atoms. The molecule has 1 amide bonds. The molecule has 1 heterocycles. The smallest absolute Gasteiger partial charge is 0.421 e. The van der Waals surface area contributed by atoms with E-state index in [2.05, 4.69) is 86.9 Å². The summed E-state index contributed by atoms with van der Waals surface area (Å²) in [5, 5.41) is 39.2. The summed E-state index contributed by atoms with van der Waals surface area (Å²) < 4.78 is 80.4. The van der Waals surface area contributed by atoms with Crippen molar-refractivity contribution >= 4 is 40.6 Å². The van der Waals surface area contributed by atoms with E-state index in [9.17, 15) is 41.7 Å². The molecule has 0 radical (unpaired) electrons. The van der Waals surface area contributed by atoms with Crippen LogP contribution in [0, 0.1) is 116 Å². The second kappa shape index (κ2) is 30.1. The molecule has 6 N–H and O–H groups in total. The fourth-order valence-electron chi connectivity index (χ4n) is 22.1. The van der Waals surface area contributed by atoms with Crippen LogP contribution in [0.15, 0.2) is 77.0 Å². The predicted octanol–water partition coefficient (Wildman–Crippen LogP) is 14.8. The van der Waals surface area contributed by atoms with Crippen LogP contribution in [0.25, 0.3) is 0 Å². The van der Waals surface area contributed by atoms with Gasteiger partial charge >= 0.3 is 12.2 Å². The molecule has 11 rings (SSSR count). The van der Waals surface area contributed by atoms with E-state index in [0.717, 1.165) is 56.3 Å². The molecule has 0 spiro atoms. The van der Waals surface area contributed by atoms with Crippen molar-refractivity contribution in [2.24, 2.45) is 121 Å². The molecule has 8 aliphatic carbocycles. The molecule has 3 aromatic rings. The number of nitrogens with two attached hydrogens (primary N) is 1. The normalized spacial score (nSPS) is 38.2. The largest absolute Gasteiger partial charge is 0.491 e. The van der Waals surface area contributed by atoms with Gasteiger partial charge in [0.2, 0.25) is 10.0 Å². The Morgan fingerprint density at radius 2 is 1.16 bits per heavy atom. The van der Waals surface area contributed by atoms with Crippen molar-refractivity contribution in [2.75, 3.05) is 13.2 Å². The van der Waals surface area contributed by atoms with Gasteiger partial charge in [0, 0.05) is 12.4 Å². The van der Waals surface area contributed by atoms with E-state index >= 15 is 0 Å². The molecule has 21 heteroatoms. The highest BCUT2D eigenvalue weighted by atomic mass is 32.2. The number of hydrogen-bond acceptors (Lipinski definition) is 15. The Morgan fingerprint density at radius 1 is 0.649 bits per heavy atom. The molecule has 18 nitrogen and oxygen atoms in total. The van der Waals surface area contributed by atoms with Gasteiger partial charge in [0.15, 0.2) is 8.32 Å². The van der Waals surface area contributed by atoms with Crippen LogP contribution in [0.2, 0.25) is 19.6 Å². The highest BCUT2D eigenvalue weighted by Gasteiger charge is 2.69.